The van der Waals surface area contributed by atoms with Crippen molar-refractivity contribution in [2.75, 3.05) is 11.9 Å². The quantitative estimate of drug-likeness (QED) is 0.801. The summed E-state index contributed by atoms with van der Waals surface area (Å²) in [5.41, 5.74) is 8.52. The van der Waals surface area contributed by atoms with E-state index in [-0.39, 0.29) is 12.3 Å². The molecule has 4 nitrogen and oxygen atoms in total. The number of nitrogens with two attached hydrogens (primary N) is 1. The van der Waals surface area contributed by atoms with Crippen LogP contribution in [0.3, 0.4) is 0 Å². The van der Waals surface area contributed by atoms with Crippen molar-refractivity contribution in [2.24, 2.45) is 5.73 Å². The van der Waals surface area contributed by atoms with Gasteiger partial charge in [-0.15, -0.1) is 0 Å². The molecule has 23 heavy (non-hydrogen) atoms. The predicted octanol–water partition coefficient (Wildman–Crippen LogP) is 3.07. The largest absolute Gasteiger partial charge is 0.370 e. The third kappa shape index (κ3) is 5.71. The first-order valence-corrected chi connectivity index (χ1v) is 7.90. The molecule has 0 atom stereocenters. The number of anilines is 1. The van der Waals surface area contributed by atoms with Gasteiger partial charge in [0.05, 0.1) is 0 Å². The number of hydrogen-bond donors (Lipinski definition) is 2. The third-order valence-corrected chi connectivity index (χ3v) is 3.79. The third-order valence-electron chi connectivity index (χ3n) is 3.43. The van der Waals surface area contributed by atoms with Gasteiger partial charge in [-0.25, -0.2) is 0 Å². The van der Waals surface area contributed by atoms with Crippen molar-refractivity contribution in [3.05, 3.63) is 65.7 Å². The first kappa shape index (κ1) is 17.0. The summed E-state index contributed by atoms with van der Waals surface area (Å²) in [6.45, 7) is 3.16. The van der Waals surface area contributed by atoms with Crippen molar-refractivity contribution < 1.29 is 4.79 Å². The number of carbonyl (C=O) groups excluding carboxylic acids is 1. The van der Waals surface area contributed by atoms with Crippen LogP contribution in [0, 0.1) is 6.92 Å². The van der Waals surface area contributed by atoms with Crippen LogP contribution in [-0.2, 0) is 11.3 Å². The number of aryl methyl sites for hydroxylation is 1. The number of nitrogens with one attached hydrogen (secondary N) is 1. The van der Waals surface area contributed by atoms with E-state index in [1.165, 1.54) is 5.56 Å². The van der Waals surface area contributed by atoms with Crippen LogP contribution in [0.2, 0.25) is 0 Å². The Morgan fingerprint density at radius 1 is 1.13 bits per heavy atom. The highest BCUT2D eigenvalue weighted by Gasteiger charge is 2.12. The zero-order valence-corrected chi connectivity index (χ0v) is 14.0. The minimum atomic E-state index is -0.332. The van der Waals surface area contributed by atoms with E-state index < -0.39 is 0 Å². The molecule has 1 amide bonds. The molecule has 0 aliphatic carbocycles. The Hall–Kier alpha value is -2.40. The smallest absolute Gasteiger partial charge is 0.219 e. The van der Waals surface area contributed by atoms with Crippen LogP contribution >= 0.6 is 12.2 Å². The lowest BCUT2D eigenvalue weighted by Gasteiger charge is -2.25. The van der Waals surface area contributed by atoms with E-state index in [0.29, 0.717) is 18.2 Å². The molecule has 0 radical (unpaired) electrons. The van der Waals surface area contributed by atoms with Gasteiger partial charge < -0.3 is 16.0 Å². The van der Waals surface area contributed by atoms with Crippen molar-refractivity contribution in [1.82, 2.24) is 4.90 Å². The molecule has 0 aliphatic heterocycles. The number of nitrogens with zero attached hydrogens (tertiary/aromatic N) is 1. The zero-order chi connectivity index (χ0) is 16.7. The molecule has 0 fully saturated rings. The second kappa shape index (κ2) is 8.29. The maximum atomic E-state index is 11.1. The van der Waals surface area contributed by atoms with E-state index in [1.807, 2.05) is 66.4 Å². The molecular weight excluding hydrogens is 306 g/mol. The van der Waals surface area contributed by atoms with Gasteiger partial charge in [-0.1, -0.05) is 48.0 Å². The van der Waals surface area contributed by atoms with Crippen LogP contribution in [0.15, 0.2) is 54.6 Å². The first-order chi connectivity index (χ1) is 11.0. The van der Waals surface area contributed by atoms with Crippen LogP contribution in [-0.4, -0.2) is 22.5 Å². The molecule has 0 spiro atoms. The Balaban J connectivity index is 2.06. The van der Waals surface area contributed by atoms with Crippen LogP contribution < -0.4 is 11.1 Å². The van der Waals surface area contributed by atoms with Crippen LogP contribution in [0.4, 0.5) is 5.69 Å². The molecule has 0 unspecified atom stereocenters. The Morgan fingerprint density at radius 2 is 1.78 bits per heavy atom. The van der Waals surface area contributed by atoms with Crippen molar-refractivity contribution in [3.8, 4) is 0 Å². The number of rotatable bonds is 6. The summed E-state index contributed by atoms with van der Waals surface area (Å²) in [7, 11) is 0. The molecule has 0 bridgehead atoms. The van der Waals surface area contributed by atoms with E-state index in [9.17, 15) is 4.79 Å². The molecule has 0 aromatic heterocycles. The first-order valence-electron chi connectivity index (χ1n) is 7.49. The number of thiocarbonyl (C=S) groups is 1. The minimum absolute atomic E-state index is 0.266. The molecule has 3 N–H and O–H groups in total. The van der Waals surface area contributed by atoms with Crippen molar-refractivity contribution in [2.45, 2.75) is 19.9 Å². The van der Waals surface area contributed by atoms with Crippen molar-refractivity contribution >= 4 is 28.9 Å². The Morgan fingerprint density at radius 3 is 2.39 bits per heavy atom. The Kier molecular flexibility index (Phi) is 6.11. The summed E-state index contributed by atoms with van der Waals surface area (Å²) in [5.74, 6) is -0.332. The lowest BCUT2D eigenvalue weighted by atomic mass is 10.2. The molecule has 0 aliphatic rings. The number of benzene rings is 2. The fourth-order valence-corrected chi connectivity index (χ4v) is 2.41. The van der Waals surface area contributed by atoms with Crippen molar-refractivity contribution in [1.29, 1.82) is 0 Å². The fourth-order valence-electron chi connectivity index (χ4n) is 2.14. The van der Waals surface area contributed by atoms with E-state index in [4.69, 9.17) is 18.0 Å². The molecule has 2 rings (SSSR count). The van der Waals surface area contributed by atoms with Gasteiger partial charge in [-0.05, 0) is 36.8 Å². The standard InChI is InChI=1S/C18H21N3OS/c1-14-7-9-16(10-8-14)20-18(23)21(12-11-17(19)22)13-15-5-3-2-4-6-15/h2-10H,11-13H2,1H3,(H2,19,22)(H,20,23). The van der Waals surface area contributed by atoms with Crippen molar-refractivity contribution in [3.63, 3.8) is 0 Å². The maximum absolute atomic E-state index is 11.1. The summed E-state index contributed by atoms with van der Waals surface area (Å²) in [5, 5.41) is 3.80. The molecule has 0 heterocycles. The molecule has 0 saturated heterocycles. The summed E-state index contributed by atoms with van der Waals surface area (Å²) in [6.07, 6.45) is 0.266. The lowest BCUT2D eigenvalue weighted by molar-refractivity contribution is -0.118. The highest BCUT2D eigenvalue weighted by Crippen LogP contribution is 2.12. The van der Waals surface area contributed by atoms with Gasteiger partial charge in [0.25, 0.3) is 0 Å². The summed E-state index contributed by atoms with van der Waals surface area (Å²) in [4.78, 5) is 13.1. The SMILES string of the molecule is Cc1ccc(NC(=S)N(CCC(N)=O)Cc2ccccc2)cc1. The molecule has 0 saturated carbocycles. The zero-order valence-electron chi connectivity index (χ0n) is 13.2. The average molecular weight is 327 g/mol. The summed E-state index contributed by atoms with van der Waals surface area (Å²) < 4.78 is 0. The van der Waals surface area contributed by atoms with Gasteiger partial charge in [-0.2, -0.15) is 0 Å². The van der Waals surface area contributed by atoms with Crippen LogP contribution in [0.1, 0.15) is 17.5 Å². The van der Waals surface area contributed by atoms with E-state index in [2.05, 4.69) is 5.32 Å². The average Bonchev–Trinajstić information content (AvgIpc) is 2.54. The highest BCUT2D eigenvalue weighted by atomic mass is 32.1. The second-order valence-corrected chi connectivity index (χ2v) is 5.81. The van der Waals surface area contributed by atoms with Crippen LogP contribution in [0.5, 0.6) is 0 Å². The fraction of sp³-hybridized carbons (Fsp3) is 0.222. The Labute approximate surface area is 142 Å². The maximum Gasteiger partial charge on any atom is 0.219 e. The van der Waals surface area contributed by atoms with Crippen LogP contribution in [0.25, 0.3) is 0 Å². The molecule has 2 aromatic carbocycles. The highest BCUT2D eigenvalue weighted by molar-refractivity contribution is 7.80. The van der Waals surface area contributed by atoms with Gasteiger partial charge in [0.15, 0.2) is 5.11 Å². The molecular formula is C18H21N3OS. The van der Waals surface area contributed by atoms with Gasteiger partial charge in [0, 0.05) is 25.2 Å². The van der Waals surface area contributed by atoms with E-state index >= 15 is 0 Å². The van der Waals surface area contributed by atoms with Gasteiger partial charge in [-0.3, -0.25) is 4.79 Å². The monoisotopic (exact) mass is 327 g/mol. The summed E-state index contributed by atoms with van der Waals surface area (Å²) >= 11 is 5.50. The number of carbonyl (C=O) groups is 1. The number of hydrogen-bond acceptors (Lipinski definition) is 2. The lowest BCUT2D eigenvalue weighted by Crippen LogP contribution is -2.36. The van der Waals surface area contributed by atoms with Gasteiger partial charge >= 0.3 is 0 Å². The number of primary amides is 1. The van der Waals surface area contributed by atoms with E-state index in [0.717, 1.165) is 11.3 Å². The van der Waals surface area contributed by atoms with Gasteiger partial charge in [0.1, 0.15) is 0 Å². The summed E-state index contributed by atoms with van der Waals surface area (Å²) in [6, 6.07) is 18.0. The molecule has 5 heteroatoms. The molecule has 120 valence electrons. The van der Waals surface area contributed by atoms with Gasteiger partial charge in [0.2, 0.25) is 5.91 Å². The Bertz CT molecular complexity index is 656. The topological polar surface area (TPSA) is 58.4 Å². The minimum Gasteiger partial charge on any atom is -0.370 e. The second-order valence-electron chi connectivity index (χ2n) is 5.42. The number of amides is 1. The van der Waals surface area contributed by atoms with E-state index in [1.54, 1.807) is 0 Å². The molecule has 2 aromatic rings. The normalized spacial score (nSPS) is 10.1. The predicted molar refractivity (Wildman–Crippen MR) is 98.1 cm³/mol.